The minimum absolute atomic E-state index is 0.335. The number of pyridine rings is 1. The third-order valence-electron chi connectivity index (χ3n) is 7.59. The van der Waals surface area contributed by atoms with Crippen LogP contribution in [0, 0.1) is 16.7 Å². The number of hydrogen-bond acceptors (Lipinski definition) is 8. The second-order valence-corrected chi connectivity index (χ2v) is 11.5. The number of aliphatic imine (C=N–C) groups is 1. The third-order valence-corrected chi connectivity index (χ3v) is 8.61. The Balaban J connectivity index is 1.67. The van der Waals surface area contributed by atoms with Gasteiger partial charge in [0, 0.05) is 37.6 Å². The van der Waals surface area contributed by atoms with Gasteiger partial charge in [-0.1, -0.05) is 44.3 Å². The number of anilines is 1. The molecule has 0 spiro atoms. The lowest BCUT2D eigenvalue weighted by molar-refractivity contribution is -0.152. The molecule has 0 saturated carbocycles. The number of benzene rings is 1. The van der Waals surface area contributed by atoms with Crippen molar-refractivity contribution in [3.05, 3.63) is 60.1 Å². The molecule has 0 atom stereocenters. The van der Waals surface area contributed by atoms with Crippen LogP contribution >= 0.6 is 11.3 Å². The van der Waals surface area contributed by atoms with Gasteiger partial charge in [-0.2, -0.15) is 5.26 Å². The Hall–Kier alpha value is -4.56. The Labute approximate surface area is 255 Å². The van der Waals surface area contributed by atoms with Crippen LogP contribution in [0.3, 0.4) is 0 Å². The number of carbonyl (C=O) groups is 2. The van der Waals surface area contributed by atoms with Gasteiger partial charge in [0.15, 0.2) is 5.13 Å². The predicted octanol–water partition coefficient (Wildman–Crippen LogP) is 6.67. The summed E-state index contributed by atoms with van der Waals surface area (Å²) in [6.45, 7) is 11.8. The van der Waals surface area contributed by atoms with E-state index in [1.807, 2.05) is 37.8 Å². The Bertz CT molecular complexity index is 1610. The summed E-state index contributed by atoms with van der Waals surface area (Å²) in [5.41, 5.74) is 3.62. The van der Waals surface area contributed by atoms with E-state index in [1.165, 1.54) is 11.3 Å². The molecule has 3 heterocycles. The highest BCUT2D eigenvalue weighted by Gasteiger charge is 2.40. The van der Waals surface area contributed by atoms with Crippen LogP contribution in [0.4, 0.5) is 9.93 Å². The molecule has 4 rings (SSSR count). The summed E-state index contributed by atoms with van der Waals surface area (Å²) in [7, 11) is 0. The van der Waals surface area contributed by atoms with E-state index in [0.29, 0.717) is 66.6 Å². The van der Waals surface area contributed by atoms with Crippen LogP contribution in [0.5, 0.6) is 0 Å². The SMILES string of the molecule is C=C(/N=C\C(=C/CC)c1cc(-c2cc(C#N)ccn2)c2sc(NC(=O)NCC)nc2c1)N1CCC(CCC)(C(=O)O)CC1. The molecule has 224 valence electrons. The van der Waals surface area contributed by atoms with Gasteiger partial charge in [0.25, 0.3) is 0 Å². The number of allylic oxidation sites excluding steroid dienone is 2. The lowest BCUT2D eigenvalue weighted by atomic mass is 9.75. The maximum absolute atomic E-state index is 12.2. The molecular formula is C32H37N7O3S. The molecule has 43 heavy (non-hydrogen) atoms. The number of piperidine rings is 1. The first-order chi connectivity index (χ1) is 20.7. The standard InChI is InChI=1S/C32H37N7O3S/c1-5-8-23(20-36-21(4)39-14-11-32(10-6-2,12-15-39)29(40)41)24-17-25(26-16-22(19-33)9-13-35-26)28-27(18-24)37-31(43-28)38-30(42)34-7-3/h8-9,13,16-18,20H,4-7,10-12,14-15H2,1-3H3,(H,40,41)(H2,34,37,38,42)/b23-8+,36-20-. The number of carboxylic acids is 1. The first-order valence-corrected chi connectivity index (χ1v) is 15.3. The van der Waals surface area contributed by atoms with Crippen molar-refractivity contribution in [3.8, 4) is 17.3 Å². The highest BCUT2D eigenvalue weighted by Crippen LogP contribution is 2.39. The lowest BCUT2D eigenvalue weighted by Gasteiger charge is -2.39. The highest BCUT2D eigenvalue weighted by atomic mass is 32.1. The van der Waals surface area contributed by atoms with Crippen molar-refractivity contribution in [3.63, 3.8) is 0 Å². The molecule has 11 heteroatoms. The summed E-state index contributed by atoms with van der Waals surface area (Å²) in [6, 6.07) is 9.19. The predicted molar refractivity (Wildman–Crippen MR) is 172 cm³/mol. The summed E-state index contributed by atoms with van der Waals surface area (Å²) in [5, 5.41) is 25.3. The number of carbonyl (C=O) groups excluding carboxylic acids is 1. The number of nitrogens with zero attached hydrogens (tertiary/aromatic N) is 5. The molecule has 1 saturated heterocycles. The van der Waals surface area contributed by atoms with E-state index in [0.717, 1.165) is 34.2 Å². The quantitative estimate of drug-likeness (QED) is 0.209. The normalized spacial score (nSPS) is 14.9. The zero-order valence-corrected chi connectivity index (χ0v) is 25.6. The summed E-state index contributed by atoms with van der Waals surface area (Å²) in [5.74, 6) is -0.132. The van der Waals surface area contributed by atoms with Crippen molar-refractivity contribution in [1.82, 2.24) is 20.2 Å². The smallest absolute Gasteiger partial charge is 0.321 e. The second kappa shape index (κ2) is 14.1. The van der Waals surface area contributed by atoms with Crippen LogP contribution in [0.25, 0.3) is 27.0 Å². The minimum Gasteiger partial charge on any atom is -0.481 e. The number of nitrogens with one attached hydrogen (secondary N) is 2. The van der Waals surface area contributed by atoms with Crippen molar-refractivity contribution in [2.75, 3.05) is 25.0 Å². The van der Waals surface area contributed by atoms with Gasteiger partial charge in [0.05, 0.1) is 33.0 Å². The Morgan fingerprint density at radius 3 is 2.67 bits per heavy atom. The van der Waals surface area contributed by atoms with Crippen LogP contribution in [-0.4, -0.2) is 57.8 Å². The zero-order chi connectivity index (χ0) is 31.0. The Morgan fingerprint density at radius 2 is 2.02 bits per heavy atom. The van der Waals surface area contributed by atoms with E-state index in [9.17, 15) is 20.0 Å². The number of fused-ring (bicyclic) bond motifs is 1. The fourth-order valence-corrected chi connectivity index (χ4v) is 6.29. The van der Waals surface area contributed by atoms with Gasteiger partial charge in [-0.25, -0.2) is 14.8 Å². The van der Waals surface area contributed by atoms with E-state index < -0.39 is 11.4 Å². The van der Waals surface area contributed by atoms with E-state index in [-0.39, 0.29) is 6.03 Å². The molecule has 3 aromatic rings. The molecule has 0 radical (unpaired) electrons. The van der Waals surface area contributed by atoms with Gasteiger partial charge < -0.3 is 15.3 Å². The van der Waals surface area contributed by atoms with Crippen LogP contribution < -0.4 is 10.6 Å². The van der Waals surface area contributed by atoms with Crippen molar-refractivity contribution < 1.29 is 14.7 Å². The molecule has 1 fully saturated rings. The summed E-state index contributed by atoms with van der Waals surface area (Å²) >= 11 is 1.34. The number of nitriles is 1. The molecule has 1 aromatic carbocycles. The number of aliphatic carboxylic acids is 1. The van der Waals surface area contributed by atoms with Gasteiger partial charge >= 0.3 is 12.0 Å². The summed E-state index contributed by atoms with van der Waals surface area (Å²) < 4.78 is 0.831. The molecule has 0 unspecified atom stereocenters. The first kappa shape index (κ1) is 31.4. The molecule has 2 aromatic heterocycles. The molecule has 0 aliphatic carbocycles. The van der Waals surface area contributed by atoms with Crippen LogP contribution in [0.1, 0.15) is 64.0 Å². The third kappa shape index (κ3) is 7.27. The van der Waals surface area contributed by atoms with Gasteiger partial charge in [0.1, 0.15) is 5.82 Å². The van der Waals surface area contributed by atoms with Crippen molar-refractivity contribution in [2.24, 2.45) is 10.4 Å². The van der Waals surface area contributed by atoms with Crippen molar-refractivity contribution >= 4 is 50.5 Å². The Kier molecular flexibility index (Phi) is 10.3. The van der Waals surface area contributed by atoms with Gasteiger partial charge in [-0.3, -0.25) is 15.1 Å². The number of rotatable bonds is 11. The first-order valence-electron chi connectivity index (χ1n) is 14.5. The number of hydrogen-bond donors (Lipinski definition) is 3. The van der Waals surface area contributed by atoms with Crippen LogP contribution in [0.2, 0.25) is 0 Å². The van der Waals surface area contributed by atoms with E-state index in [1.54, 1.807) is 24.5 Å². The number of urea groups is 1. The zero-order valence-electron chi connectivity index (χ0n) is 24.8. The lowest BCUT2D eigenvalue weighted by Crippen LogP contribution is -2.43. The van der Waals surface area contributed by atoms with Gasteiger partial charge in [-0.15, -0.1) is 0 Å². The van der Waals surface area contributed by atoms with E-state index in [4.69, 9.17) is 4.99 Å². The monoisotopic (exact) mass is 599 g/mol. The van der Waals surface area contributed by atoms with Gasteiger partial charge in [-0.05, 0) is 68.0 Å². The molecular weight excluding hydrogens is 562 g/mol. The Morgan fingerprint density at radius 1 is 1.26 bits per heavy atom. The molecule has 1 aliphatic rings. The second-order valence-electron chi connectivity index (χ2n) is 10.5. The number of likely N-dealkylation sites (tertiary alicyclic amines) is 1. The van der Waals surface area contributed by atoms with E-state index in [2.05, 4.69) is 39.3 Å². The highest BCUT2D eigenvalue weighted by molar-refractivity contribution is 7.22. The minimum atomic E-state index is -0.719. The topological polar surface area (TPSA) is 144 Å². The molecule has 1 aliphatic heterocycles. The summed E-state index contributed by atoms with van der Waals surface area (Å²) in [6.07, 6.45) is 8.83. The van der Waals surface area contributed by atoms with E-state index >= 15 is 0 Å². The number of carboxylic acid groups (broad SMARTS) is 1. The largest absolute Gasteiger partial charge is 0.481 e. The average molecular weight is 600 g/mol. The fourth-order valence-electron chi connectivity index (χ4n) is 5.33. The van der Waals surface area contributed by atoms with Crippen molar-refractivity contribution in [1.29, 1.82) is 5.26 Å². The number of amides is 2. The fraction of sp³-hybridized carbons (Fsp3) is 0.375. The summed E-state index contributed by atoms with van der Waals surface area (Å²) in [4.78, 5) is 40.2. The molecule has 3 N–H and O–H groups in total. The van der Waals surface area contributed by atoms with Crippen LogP contribution in [-0.2, 0) is 4.79 Å². The maximum Gasteiger partial charge on any atom is 0.321 e. The number of aromatic nitrogens is 2. The van der Waals surface area contributed by atoms with Crippen LogP contribution in [0.15, 0.2) is 53.9 Å². The molecule has 2 amide bonds. The average Bonchev–Trinajstić information content (AvgIpc) is 3.41. The van der Waals surface area contributed by atoms with Gasteiger partial charge in [0.2, 0.25) is 0 Å². The number of thiazole rings is 1. The molecule has 0 bridgehead atoms. The van der Waals surface area contributed by atoms with Crippen molar-refractivity contribution in [2.45, 2.75) is 52.9 Å². The maximum atomic E-state index is 12.2. The molecule has 10 nitrogen and oxygen atoms in total.